The summed E-state index contributed by atoms with van der Waals surface area (Å²) in [6.07, 6.45) is 2.23. The molecule has 0 aliphatic rings. The molecular formula is C23H26N6O2S. The third-order valence-corrected chi connectivity index (χ3v) is 6.20. The first-order valence-corrected chi connectivity index (χ1v) is 11.4. The van der Waals surface area contributed by atoms with Crippen molar-refractivity contribution in [3.8, 4) is 11.3 Å². The Morgan fingerprint density at radius 2 is 1.94 bits per heavy atom. The molecule has 0 aliphatic carbocycles. The Kier molecular flexibility index (Phi) is 6.09. The average molecular weight is 451 g/mol. The second kappa shape index (κ2) is 8.96. The predicted molar refractivity (Wildman–Crippen MR) is 129 cm³/mol. The molecule has 1 amide bonds. The maximum absolute atomic E-state index is 13.2. The molecule has 0 bridgehead atoms. The fourth-order valence-electron chi connectivity index (χ4n) is 3.67. The van der Waals surface area contributed by atoms with Crippen molar-refractivity contribution in [2.24, 2.45) is 7.05 Å². The zero-order valence-corrected chi connectivity index (χ0v) is 19.4. The van der Waals surface area contributed by atoms with Gasteiger partial charge in [0, 0.05) is 41.3 Å². The van der Waals surface area contributed by atoms with Crippen LogP contribution in [0.4, 0.5) is 5.13 Å². The summed E-state index contributed by atoms with van der Waals surface area (Å²) in [7, 11) is 1.55. The second-order valence-corrected chi connectivity index (χ2v) is 8.56. The van der Waals surface area contributed by atoms with Gasteiger partial charge in [0.25, 0.3) is 11.5 Å². The first kappa shape index (κ1) is 21.8. The summed E-state index contributed by atoms with van der Waals surface area (Å²) in [4.78, 5) is 30.2. The molecule has 0 radical (unpaired) electrons. The first-order valence-electron chi connectivity index (χ1n) is 10.6. The van der Waals surface area contributed by atoms with Gasteiger partial charge in [0.2, 0.25) is 0 Å². The summed E-state index contributed by atoms with van der Waals surface area (Å²) < 4.78 is 2.93. The molecule has 0 saturated carbocycles. The highest BCUT2D eigenvalue weighted by atomic mass is 32.1. The Morgan fingerprint density at radius 3 is 2.69 bits per heavy atom. The van der Waals surface area contributed by atoms with Crippen molar-refractivity contribution in [2.45, 2.75) is 33.6 Å². The topological polar surface area (TPSA) is 93.8 Å². The van der Waals surface area contributed by atoms with Gasteiger partial charge >= 0.3 is 0 Å². The minimum atomic E-state index is -0.384. The van der Waals surface area contributed by atoms with E-state index in [1.807, 2.05) is 25.3 Å². The van der Waals surface area contributed by atoms with Gasteiger partial charge in [-0.2, -0.15) is 5.10 Å². The molecule has 0 spiro atoms. The van der Waals surface area contributed by atoms with E-state index < -0.39 is 0 Å². The van der Waals surface area contributed by atoms with Crippen LogP contribution in [0.1, 0.15) is 41.6 Å². The largest absolute Gasteiger partial charge is 0.362 e. The lowest BCUT2D eigenvalue weighted by Crippen LogP contribution is -2.29. The molecule has 166 valence electrons. The summed E-state index contributed by atoms with van der Waals surface area (Å²) in [5.74, 6) is -0.384. The van der Waals surface area contributed by atoms with Gasteiger partial charge in [0.15, 0.2) is 10.8 Å². The van der Waals surface area contributed by atoms with Crippen LogP contribution < -0.4 is 16.3 Å². The van der Waals surface area contributed by atoms with Gasteiger partial charge in [-0.3, -0.25) is 19.7 Å². The van der Waals surface area contributed by atoms with Gasteiger partial charge in [-0.05, 0) is 32.4 Å². The van der Waals surface area contributed by atoms with E-state index in [9.17, 15) is 9.59 Å². The molecule has 0 atom stereocenters. The van der Waals surface area contributed by atoms with Crippen molar-refractivity contribution in [1.29, 1.82) is 0 Å². The summed E-state index contributed by atoms with van der Waals surface area (Å²) in [6, 6.07) is 9.01. The number of aryl methyl sites for hydroxylation is 2. The number of carbonyl (C=O) groups is 1. The number of unbranched alkanes of at least 4 members (excludes halogenated alkanes) is 1. The molecule has 4 rings (SSSR count). The van der Waals surface area contributed by atoms with E-state index in [0.29, 0.717) is 10.8 Å². The number of carbonyl (C=O) groups excluding carboxylic acids is 1. The minimum absolute atomic E-state index is 0.202. The number of rotatable bonds is 7. The van der Waals surface area contributed by atoms with Gasteiger partial charge in [-0.1, -0.05) is 31.5 Å². The Bertz CT molecular complexity index is 1350. The molecule has 3 heterocycles. The van der Waals surface area contributed by atoms with Crippen LogP contribution >= 0.6 is 11.3 Å². The van der Waals surface area contributed by atoms with E-state index in [1.54, 1.807) is 47.3 Å². The number of fused-ring (bicyclic) bond motifs is 1. The van der Waals surface area contributed by atoms with Crippen molar-refractivity contribution in [3.05, 3.63) is 63.1 Å². The van der Waals surface area contributed by atoms with Crippen LogP contribution in [-0.4, -0.2) is 31.9 Å². The average Bonchev–Trinajstić information content (AvgIpc) is 3.36. The van der Waals surface area contributed by atoms with Crippen molar-refractivity contribution < 1.29 is 4.79 Å². The molecule has 8 nitrogen and oxygen atoms in total. The van der Waals surface area contributed by atoms with E-state index >= 15 is 0 Å². The predicted octanol–water partition coefficient (Wildman–Crippen LogP) is 4.07. The molecule has 9 heteroatoms. The van der Waals surface area contributed by atoms with Crippen LogP contribution in [0.15, 0.2) is 40.5 Å². The molecule has 0 aliphatic heterocycles. The zero-order valence-electron chi connectivity index (χ0n) is 18.6. The van der Waals surface area contributed by atoms with Crippen LogP contribution in [0.5, 0.6) is 0 Å². The summed E-state index contributed by atoms with van der Waals surface area (Å²) in [5, 5.41) is 11.5. The number of benzene rings is 1. The number of amides is 1. The fourth-order valence-corrected chi connectivity index (χ4v) is 4.41. The normalized spacial score (nSPS) is 11.1. The van der Waals surface area contributed by atoms with E-state index in [2.05, 4.69) is 22.8 Å². The van der Waals surface area contributed by atoms with E-state index in [4.69, 9.17) is 4.98 Å². The Balaban J connectivity index is 1.64. The van der Waals surface area contributed by atoms with Gasteiger partial charge < -0.3 is 5.32 Å². The summed E-state index contributed by atoms with van der Waals surface area (Å²) >= 11 is 1.57. The van der Waals surface area contributed by atoms with Crippen LogP contribution in [0.2, 0.25) is 0 Å². The molecule has 3 aromatic heterocycles. The van der Waals surface area contributed by atoms with E-state index in [0.717, 1.165) is 47.2 Å². The maximum Gasteiger partial charge on any atom is 0.291 e. The number of hydrogen-bond donors (Lipinski definition) is 2. The third kappa shape index (κ3) is 4.03. The highest BCUT2D eigenvalue weighted by Crippen LogP contribution is 2.29. The number of nitrogens with zero attached hydrogens (tertiary/aromatic N) is 4. The lowest BCUT2D eigenvalue weighted by atomic mass is 10.1. The highest BCUT2D eigenvalue weighted by molar-refractivity contribution is 7.14. The van der Waals surface area contributed by atoms with Crippen molar-refractivity contribution in [1.82, 2.24) is 19.4 Å². The lowest BCUT2D eigenvalue weighted by molar-refractivity contribution is 0.100. The number of nitrogens with one attached hydrogen (secondary N) is 2. The van der Waals surface area contributed by atoms with Crippen LogP contribution in [-0.2, 0) is 7.05 Å². The highest BCUT2D eigenvalue weighted by Gasteiger charge is 2.19. The molecular weight excluding hydrogens is 424 g/mol. The first-order chi connectivity index (χ1) is 15.4. The van der Waals surface area contributed by atoms with Gasteiger partial charge in [-0.25, -0.2) is 9.67 Å². The number of aromatic nitrogens is 4. The monoisotopic (exact) mass is 450 g/mol. The minimum Gasteiger partial charge on any atom is -0.362 e. The smallest absolute Gasteiger partial charge is 0.291 e. The molecule has 32 heavy (non-hydrogen) atoms. The molecule has 1 aromatic carbocycles. The Hall–Kier alpha value is -3.46. The molecule has 0 unspecified atom stereocenters. The molecule has 4 aromatic rings. The van der Waals surface area contributed by atoms with Gasteiger partial charge in [0.05, 0.1) is 11.1 Å². The van der Waals surface area contributed by atoms with E-state index in [-0.39, 0.29) is 17.2 Å². The lowest BCUT2D eigenvalue weighted by Gasteiger charge is -2.13. The SMILES string of the molecule is CCCCNc1nc(-c2cc(C)n(NC(=O)c3nn(C)c(=O)c4ccccc34)c2C)cs1. The van der Waals surface area contributed by atoms with Crippen LogP contribution in [0, 0.1) is 13.8 Å². The van der Waals surface area contributed by atoms with Crippen LogP contribution in [0.3, 0.4) is 0 Å². The van der Waals surface area contributed by atoms with Gasteiger partial charge in [-0.15, -0.1) is 11.3 Å². The summed E-state index contributed by atoms with van der Waals surface area (Å²) in [5.41, 5.74) is 6.47. The van der Waals surface area contributed by atoms with Crippen molar-refractivity contribution >= 4 is 33.1 Å². The van der Waals surface area contributed by atoms with Crippen molar-refractivity contribution in [3.63, 3.8) is 0 Å². The standard InChI is InChI=1S/C23H26N6O2S/c1-5-6-11-24-23-25-19(13-32-23)18-12-14(2)29(15(18)3)27-21(30)20-16-9-7-8-10-17(16)22(31)28(4)26-20/h7-10,12-13H,5-6,11H2,1-4H3,(H,24,25)(H,27,30). The Labute approximate surface area is 189 Å². The number of hydrogen-bond acceptors (Lipinski definition) is 6. The van der Waals surface area contributed by atoms with Crippen LogP contribution in [0.25, 0.3) is 22.0 Å². The third-order valence-electron chi connectivity index (χ3n) is 5.40. The molecule has 0 saturated heterocycles. The van der Waals surface area contributed by atoms with Gasteiger partial charge in [0.1, 0.15) is 0 Å². The molecule has 2 N–H and O–H groups in total. The summed E-state index contributed by atoms with van der Waals surface area (Å²) in [6.45, 7) is 6.93. The maximum atomic E-state index is 13.2. The quantitative estimate of drug-likeness (QED) is 0.414. The molecule has 0 fully saturated rings. The fraction of sp³-hybridized carbons (Fsp3) is 0.304. The second-order valence-electron chi connectivity index (χ2n) is 7.70. The zero-order chi connectivity index (χ0) is 22.8. The van der Waals surface area contributed by atoms with Crippen molar-refractivity contribution in [2.75, 3.05) is 17.3 Å². The number of thiazole rings is 1. The Morgan fingerprint density at radius 1 is 1.19 bits per heavy atom. The van der Waals surface area contributed by atoms with E-state index in [1.165, 1.54) is 4.68 Å². The number of anilines is 1.